The van der Waals surface area contributed by atoms with Crippen molar-refractivity contribution in [2.75, 3.05) is 18.9 Å². The molecule has 1 fully saturated rings. The van der Waals surface area contributed by atoms with Gasteiger partial charge in [-0.25, -0.2) is 9.78 Å². The van der Waals surface area contributed by atoms with Crippen LogP contribution in [0.2, 0.25) is 0 Å². The minimum absolute atomic E-state index is 0.0655. The van der Waals surface area contributed by atoms with Gasteiger partial charge in [-0.15, -0.1) is 0 Å². The first-order chi connectivity index (χ1) is 9.48. The molecule has 20 heavy (non-hydrogen) atoms. The molecule has 0 bridgehead atoms. The maximum Gasteiger partial charge on any atom is 0.368 e. The maximum absolute atomic E-state index is 11.6. The van der Waals surface area contributed by atoms with Gasteiger partial charge in [-0.2, -0.15) is 4.98 Å². The molecule has 5 N–H and O–H groups in total. The average Bonchev–Trinajstić information content (AvgIpc) is 2.93. The number of nitrogens with zero attached hydrogens (tertiary/aromatic N) is 3. The molecule has 0 unspecified atom stereocenters. The van der Waals surface area contributed by atoms with Gasteiger partial charge in [-0.1, -0.05) is 0 Å². The number of aliphatic hydroxyl groups excluding tert-OH is 2. The lowest BCUT2D eigenvalue weighted by molar-refractivity contribution is -0.148. The molecule has 3 rings (SSSR count). The number of nitrogen functional groups attached to an aromatic ring is 1. The van der Waals surface area contributed by atoms with Gasteiger partial charge in [0.05, 0.1) is 19.5 Å². The summed E-state index contributed by atoms with van der Waals surface area (Å²) in [5.41, 5.74) is 2.32. The zero-order valence-corrected chi connectivity index (χ0v) is 10.1. The van der Waals surface area contributed by atoms with Gasteiger partial charge in [0.2, 0.25) is 5.72 Å². The highest BCUT2D eigenvalue weighted by molar-refractivity contribution is 5.70. The van der Waals surface area contributed by atoms with E-state index in [1.165, 1.54) is 0 Å². The van der Waals surface area contributed by atoms with Crippen LogP contribution in [0.1, 0.15) is 0 Å². The van der Waals surface area contributed by atoms with Gasteiger partial charge >= 0.3 is 5.63 Å². The molecule has 2 aromatic rings. The predicted molar refractivity (Wildman–Crippen MR) is 63.5 cm³/mol. The van der Waals surface area contributed by atoms with Crippen LogP contribution in [0.4, 0.5) is 6.01 Å². The molecule has 0 amide bonds. The highest BCUT2D eigenvalue weighted by Gasteiger charge is 2.52. The summed E-state index contributed by atoms with van der Waals surface area (Å²) in [5.74, 6) is 0. The van der Waals surface area contributed by atoms with Crippen molar-refractivity contribution in [1.29, 1.82) is 0 Å². The van der Waals surface area contributed by atoms with E-state index in [1.807, 2.05) is 0 Å². The lowest BCUT2D eigenvalue weighted by atomic mass is 10.0. The minimum atomic E-state index is -2.00. The van der Waals surface area contributed by atoms with E-state index in [1.54, 1.807) is 0 Å². The van der Waals surface area contributed by atoms with E-state index in [-0.39, 0.29) is 17.8 Å². The van der Waals surface area contributed by atoms with Crippen LogP contribution in [0.5, 0.6) is 0 Å². The maximum atomic E-state index is 11.6. The number of hydrogen-bond acceptors (Lipinski definition) is 9. The van der Waals surface area contributed by atoms with Gasteiger partial charge in [-0.05, 0) is 0 Å². The van der Waals surface area contributed by atoms with Gasteiger partial charge in [0.15, 0.2) is 11.2 Å². The molecule has 0 aromatic carbocycles. The second-order valence-corrected chi connectivity index (χ2v) is 4.43. The number of hydrogen-bond donors (Lipinski definition) is 4. The first kappa shape index (κ1) is 13.0. The Bertz CT molecular complexity index is 711. The van der Waals surface area contributed by atoms with Crippen molar-refractivity contribution in [1.82, 2.24) is 14.5 Å². The Labute approximate surface area is 111 Å². The first-order valence-electron chi connectivity index (χ1n) is 5.75. The fourth-order valence-corrected chi connectivity index (χ4v) is 2.30. The third kappa shape index (κ3) is 1.56. The normalized spacial score (nSPS) is 30.1. The van der Waals surface area contributed by atoms with Crippen LogP contribution in [0, 0.1) is 0 Å². The molecule has 0 saturated carbocycles. The lowest BCUT2D eigenvalue weighted by Gasteiger charge is -2.31. The minimum Gasteiger partial charge on any atom is -0.393 e. The summed E-state index contributed by atoms with van der Waals surface area (Å²) in [6.07, 6.45) is -1.31. The zero-order valence-electron chi connectivity index (χ0n) is 10.1. The number of aromatic nitrogens is 3. The fourth-order valence-electron chi connectivity index (χ4n) is 2.30. The Morgan fingerprint density at radius 3 is 3.05 bits per heavy atom. The summed E-state index contributed by atoms with van der Waals surface area (Å²) in [7, 11) is 0. The summed E-state index contributed by atoms with van der Waals surface area (Å²) >= 11 is 0. The van der Waals surface area contributed by atoms with Crippen LogP contribution >= 0.6 is 0 Å². The molecule has 10 heteroatoms. The van der Waals surface area contributed by atoms with Crippen molar-refractivity contribution in [3.63, 3.8) is 0 Å². The van der Waals surface area contributed by atoms with Crippen molar-refractivity contribution in [3.05, 3.63) is 16.7 Å². The Morgan fingerprint density at radius 2 is 2.35 bits per heavy atom. The number of nitrogens with two attached hydrogens (primary N) is 1. The molecule has 0 spiro atoms. The topological polar surface area (TPSA) is 157 Å². The molecule has 10 nitrogen and oxygen atoms in total. The zero-order chi connectivity index (χ0) is 14.5. The molecule has 0 aliphatic carbocycles. The summed E-state index contributed by atoms with van der Waals surface area (Å²) in [6, 6.07) is -0.401. The van der Waals surface area contributed by atoms with Gasteiger partial charge in [-0.3, -0.25) is 4.57 Å². The SMILES string of the molecule is Nc1nc2c(ncn2[C@@]2(O)[C@@H](O)CO[C@@H]2CO)c(=O)o1. The Kier molecular flexibility index (Phi) is 2.76. The Morgan fingerprint density at radius 1 is 1.60 bits per heavy atom. The van der Waals surface area contributed by atoms with Crippen LogP contribution < -0.4 is 11.4 Å². The third-order valence-electron chi connectivity index (χ3n) is 3.32. The Balaban J connectivity index is 2.26. The van der Waals surface area contributed by atoms with Gasteiger partial charge in [0, 0.05) is 0 Å². The van der Waals surface area contributed by atoms with E-state index < -0.39 is 36.2 Å². The molecule has 1 saturated heterocycles. The van der Waals surface area contributed by atoms with Crippen LogP contribution in [0.25, 0.3) is 11.2 Å². The first-order valence-corrected chi connectivity index (χ1v) is 5.75. The highest BCUT2D eigenvalue weighted by atomic mass is 16.6. The molecule has 3 heterocycles. The quantitative estimate of drug-likeness (QED) is 0.462. The van der Waals surface area contributed by atoms with Crippen molar-refractivity contribution >= 4 is 17.2 Å². The van der Waals surface area contributed by atoms with Crippen molar-refractivity contribution < 1.29 is 24.5 Å². The largest absolute Gasteiger partial charge is 0.393 e. The number of anilines is 1. The van der Waals surface area contributed by atoms with Crippen LogP contribution in [-0.4, -0.2) is 55.3 Å². The fraction of sp³-hybridized carbons (Fsp3) is 0.500. The number of imidazole rings is 1. The summed E-state index contributed by atoms with van der Waals surface area (Å²) < 4.78 is 10.7. The molecule has 108 valence electrons. The van der Waals surface area contributed by atoms with E-state index in [2.05, 4.69) is 14.4 Å². The number of fused-ring (bicyclic) bond motifs is 1. The number of ether oxygens (including phenoxy) is 1. The number of rotatable bonds is 2. The summed E-state index contributed by atoms with van der Waals surface area (Å²) in [4.78, 5) is 19.2. The van der Waals surface area contributed by atoms with Crippen molar-refractivity contribution in [3.8, 4) is 0 Å². The van der Waals surface area contributed by atoms with E-state index in [0.29, 0.717) is 0 Å². The van der Waals surface area contributed by atoms with Crippen LogP contribution in [0.15, 0.2) is 15.5 Å². The molecule has 1 aliphatic rings. The predicted octanol–water partition coefficient (Wildman–Crippen LogP) is -2.64. The Hall–Kier alpha value is -2.01. The second kappa shape index (κ2) is 4.24. The van der Waals surface area contributed by atoms with E-state index in [9.17, 15) is 20.1 Å². The van der Waals surface area contributed by atoms with E-state index >= 15 is 0 Å². The molecule has 0 radical (unpaired) electrons. The standard InChI is InChI=1S/C10H12N4O6/c11-9-13-7-6(8(17)20-9)12-3-14(7)10(18)4(16)2-19-5(10)1-15/h3-5,15-16,18H,1-2H2,(H2,11,13)/t4-,5+,10+/m0/s1. The third-order valence-corrected chi connectivity index (χ3v) is 3.32. The molecule has 1 aliphatic heterocycles. The van der Waals surface area contributed by atoms with E-state index in [0.717, 1.165) is 10.9 Å². The lowest BCUT2D eigenvalue weighted by Crippen LogP contribution is -2.50. The summed E-state index contributed by atoms with van der Waals surface area (Å²) in [5, 5.41) is 29.8. The second-order valence-electron chi connectivity index (χ2n) is 4.43. The van der Waals surface area contributed by atoms with Crippen LogP contribution in [-0.2, 0) is 10.5 Å². The molecular weight excluding hydrogens is 272 g/mol. The average molecular weight is 284 g/mol. The highest BCUT2D eigenvalue weighted by Crippen LogP contribution is 2.33. The van der Waals surface area contributed by atoms with Crippen molar-refractivity contribution in [2.24, 2.45) is 0 Å². The van der Waals surface area contributed by atoms with Crippen molar-refractivity contribution in [2.45, 2.75) is 17.9 Å². The summed E-state index contributed by atoms with van der Waals surface area (Å²) in [6.45, 7) is -0.720. The van der Waals surface area contributed by atoms with E-state index in [4.69, 9.17) is 10.5 Å². The molecular formula is C10H12N4O6. The van der Waals surface area contributed by atoms with Crippen LogP contribution in [0.3, 0.4) is 0 Å². The molecule has 2 aromatic heterocycles. The molecule has 3 atom stereocenters. The number of aliphatic hydroxyl groups is 3. The monoisotopic (exact) mass is 284 g/mol. The van der Waals surface area contributed by atoms with Gasteiger partial charge in [0.25, 0.3) is 6.01 Å². The van der Waals surface area contributed by atoms with Gasteiger partial charge in [0.1, 0.15) is 12.2 Å². The van der Waals surface area contributed by atoms with Gasteiger partial charge < -0.3 is 30.2 Å². The smallest absolute Gasteiger partial charge is 0.368 e.